The number of esters is 1. The van der Waals surface area contributed by atoms with Crippen molar-refractivity contribution in [1.29, 1.82) is 0 Å². The zero-order valence-electron chi connectivity index (χ0n) is 11.3. The quantitative estimate of drug-likeness (QED) is 0.624. The molecule has 1 amide bonds. The SMILES string of the molecule is C=C1CN2C(=O)CCC2(C(=O)OCc2ccccc2)C1. The van der Waals surface area contributed by atoms with Gasteiger partial charge in [-0.25, -0.2) is 4.79 Å². The summed E-state index contributed by atoms with van der Waals surface area (Å²) in [7, 11) is 0. The molecule has 1 atom stereocenters. The van der Waals surface area contributed by atoms with Crippen LogP contribution in [-0.4, -0.2) is 28.9 Å². The van der Waals surface area contributed by atoms with Gasteiger partial charge in [-0.15, -0.1) is 0 Å². The minimum Gasteiger partial charge on any atom is -0.459 e. The van der Waals surface area contributed by atoms with Crippen LogP contribution in [0.15, 0.2) is 42.5 Å². The fourth-order valence-corrected chi connectivity index (χ4v) is 3.08. The molecule has 2 aliphatic rings. The van der Waals surface area contributed by atoms with Crippen LogP contribution in [0.5, 0.6) is 0 Å². The highest BCUT2D eigenvalue weighted by atomic mass is 16.5. The summed E-state index contributed by atoms with van der Waals surface area (Å²) < 4.78 is 5.44. The van der Waals surface area contributed by atoms with Gasteiger partial charge in [-0.1, -0.05) is 42.5 Å². The topological polar surface area (TPSA) is 46.6 Å². The van der Waals surface area contributed by atoms with Crippen molar-refractivity contribution in [3.8, 4) is 0 Å². The molecule has 3 rings (SSSR count). The molecule has 4 nitrogen and oxygen atoms in total. The van der Waals surface area contributed by atoms with Crippen LogP contribution >= 0.6 is 0 Å². The molecule has 2 aliphatic heterocycles. The number of ether oxygens (including phenoxy) is 1. The first-order chi connectivity index (χ1) is 9.62. The third kappa shape index (κ3) is 2.01. The Morgan fingerprint density at radius 3 is 2.85 bits per heavy atom. The Morgan fingerprint density at radius 1 is 1.35 bits per heavy atom. The maximum absolute atomic E-state index is 12.5. The Morgan fingerprint density at radius 2 is 2.10 bits per heavy atom. The van der Waals surface area contributed by atoms with Crippen molar-refractivity contribution in [2.24, 2.45) is 0 Å². The number of carbonyl (C=O) groups is 2. The number of nitrogens with zero attached hydrogens (tertiary/aromatic N) is 1. The molecule has 0 radical (unpaired) electrons. The lowest BCUT2D eigenvalue weighted by molar-refractivity contribution is -0.159. The molecule has 1 unspecified atom stereocenters. The summed E-state index contributed by atoms with van der Waals surface area (Å²) in [6.07, 6.45) is 1.50. The second-order valence-electron chi connectivity index (χ2n) is 5.50. The molecule has 0 aromatic heterocycles. The lowest BCUT2D eigenvalue weighted by atomic mass is 9.93. The van der Waals surface area contributed by atoms with Gasteiger partial charge in [0.15, 0.2) is 0 Å². The van der Waals surface area contributed by atoms with Gasteiger partial charge in [-0.3, -0.25) is 4.79 Å². The molecule has 0 N–H and O–H groups in total. The third-order valence-corrected chi connectivity index (χ3v) is 4.09. The van der Waals surface area contributed by atoms with E-state index in [0.29, 0.717) is 25.8 Å². The maximum atomic E-state index is 12.5. The average molecular weight is 271 g/mol. The number of hydrogen-bond acceptors (Lipinski definition) is 3. The fraction of sp³-hybridized carbons (Fsp3) is 0.375. The highest BCUT2D eigenvalue weighted by Crippen LogP contribution is 2.42. The van der Waals surface area contributed by atoms with Crippen LogP contribution in [0.4, 0.5) is 0 Å². The Balaban J connectivity index is 1.73. The standard InChI is InChI=1S/C16H17NO3/c1-12-9-16(8-7-14(18)17(16)10-12)15(19)20-11-13-5-3-2-4-6-13/h2-6H,1,7-11H2. The van der Waals surface area contributed by atoms with E-state index in [2.05, 4.69) is 6.58 Å². The van der Waals surface area contributed by atoms with Crippen LogP contribution in [0.1, 0.15) is 24.8 Å². The van der Waals surface area contributed by atoms with Gasteiger partial charge >= 0.3 is 5.97 Å². The summed E-state index contributed by atoms with van der Waals surface area (Å²) in [6, 6.07) is 9.56. The predicted octanol–water partition coefficient (Wildman–Crippen LogP) is 2.05. The van der Waals surface area contributed by atoms with Gasteiger partial charge in [-0.2, -0.15) is 0 Å². The molecule has 1 aromatic rings. The monoisotopic (exact) mass is 271 g/mol. The van der Waals surface area contributed by atoms with Crippen LogP contribution in [0.3, 0.4) is 0 Å². The summed E-state index contributed by atoms with van der Waals surface area (Å²) in [5, 5.41) is 0. The lowest BCUT2D eigenvalue weighted by Crippen LogP contribution is -2.48. The normalized spacial score (nSPS) is 24.9. The van der Waals surface area contributed by atoms with E-state index in [-0.39, 0.29) is 18.5 Å². The van der Waals surface area contributed by atoms with E-state index >= 15 is 0 Å². The van der Waals surface area contributed by atoms with E-state index in [9.17, 15) is 9.59 Å². The Kier molecular flexibility index (Phi) is 3.08. The van der Waals surface area contributed by atoms with Gasteiger partial charge < -0.3 is 9.64 Å². The first-order valence-corrected chi connectivity index (χ1v) is 6.80. The summed E-state index contributed by atoms with van der Waals surface area (Å²) >= 11 is 0. The first-order valence-electron chi connectivity index (χ1n) is 6.80. The summed E-state index contributed by atoms with van der Waals surface area (Å²) in [4.78, 5) is 26.0. The molecule has 2 saturated heterocycles. The lowest BCUT2D eigenvalue weighted by Gasteiger charge is -2.28. The average Bonchev–Trinajstić information content (AvgIpc) is 2.95. The van der Waals surface area contributed by atoms with E-state index in [1.165, 1.54) is 0 Å². The van der Waals surface area contributed by atoms with Gasteiger partial charge in [0.25, 0.3) is 0 Å². The number of benzene rings is 1. The molecule has 0 bridgehead atoms. The molecule has 104 valence electrons. The van der Waals surface area contributed by atoms with Crippen LogP contribution in [0, 0.1) is 0 Å². The fourth-order valence-electron chi connectivity index (χ4n) is 3.08. The first kappa shape index (κ1) is 12.9. The van der Waals surface area contributed by atoms with Crippen molar-refractivity contribution in [1.82, 2.24) is 4.90 Å². The van der Waals surface area contributed by atoms with E-state index in [1.54, 1.807) is 4.90 Å². The van der Waals surface area contributed by atoms with Gasteiger partial charge in [0.05, 0.1) is 0 Å². The molecule has 2 heterocycles. The number of hydrogen-bond donors (Lipinski definition) is 0. The summed E-state index contributed by atoms with van der Waals surface area (Å²) in [5.41, 5.74) is 1.09. The molecule has 20 heavy (non-hydrogen) atoms. The largest absolute Gasteiger partial charge is 0.459 e. The number of carbonyl (C=O) groups excluding carboxylic acids is 2. The highest BCUT2D eigenvalue weighted by molar-refractivity contribution is 5.93. The van der Waals surface area contributed by atoms with Crippen molar-refractivity contribution < 1.29 is 14.3 Å². The van der Waals surface area contributed by atoms with Crippen LogP contribution < -0.4 is 0 Å². The van der Waals surface area contributed by atoms with Gasteiger partial charge in [0.1, 0.15) is 12.1 Å². The Hall–Kier alpha value is -2.10. The smallest absolute Gasteiger partial charge is 0.332 e. The van der Waals surface area contributed by atoms with Crippen molar-refractivity contribution in [3.05, 3.63) is 48.0 Å². The molecule has 4 heteroatoms. The van der Waals surface area contributed by atoms with E-state index < -0.39 is 5.54 Å². The van der Waals surface area contributed by atoms with Crippen LogP contribution in [0.25, 0.3) is 0 Å². The van der Waals surface area contributed by atoms with Crippen molar-refractivity contribution in [2.45, 2.75) is 31.4 Å². The Labute approximate surface area is 118 Å². The summed E-state index contributed by atoms with van der Waals surface area (Å²) in [6.45, 7) is 4.65. The molecule has 2 fully saturated rings. The third-order valence-electron chi connectivity index (χ3n) is 4.09. The second kappa shape index (κ2) is 4.78. The predicted molar refractivity (Wildman–Crippen MR) is 73.7 cm³/mol. The van der Waals surface area contributed by atoms with E-state index in [4.69, 9.17) is 4.74 Å². The van der Waals surface area contributed by atoms with Crippen LogP contribution in [-0.2, 0) is 20.9 Å². The zero-order chi connectivity index (χ0) is 14.2. The molecule has 0 aliphatic carbocycles. The van der Waals surface area contributed by atoms with E-state index in [1.807, 2.05) is 30.3 Å². The van der Waals surface area contributed by atoms with Crippen molar-refractivity contribution in [2.75, 3.05) is 6.54 Å². The second-order valence-corrected chi connectivity index (χ2v) is 5.50. The van der Waals surface area contributed by atoms with E-state index in [0.717, 1.165) is 11.1 Å². The number of rotatable bonds is 3. The minimum atomic E-state index is -0.789. The highest BCUT2D eigenvalue weighted by Gasteiger charge is 2.56. The Bertz CT molecular complexity index is 566. The molecule has 1 aromatic carbocycles. The van der Waals surface area contributed by atoms with Crippen molar-refractivity contribution in [3.63, 3.8) is 0 Å². The maximum Gasteiger partial charge on any atom is 0.332 e. The zero-order valence-corrected chi connectivity index (χ0v) is 11.3. The molecule has 0 saturated carbocycles. The molecular weight excluding hydrogens is 254 g/mol. The molecular formula is C16H17NO3. The number of fused-ring (bicyclic) bond motifs is 1. The van der Waals surface area contributed by atoms with Gasteiger partial charge in [0.2, 0.25) is 5.91 Å². The van der Waals surface area contributed by atoms with Crippen LogP contribution in [0.2, 0.25) is 0 Å². The van der Waals surface area contributed by atoms with Gasteiger partial charge in [0, 0.05) is 19.4 Å². The molecule has 0 spiro atoms. The minimum absolute atomic E-state index is 0.0281. The van der Waals surface area contributed by atoms with Gasteiger partial charge in [-0.05, 0) is 12.0 Å². The summed E-state index contributed by atoms with van der Waals surface area (Å²) in [5.74, 6) is -0.272. The van der Waals surface area contributed by atoms with Crippen molar-refractivity contribution >= 4 is 11.9 Å². The number of amides is 1.